The van der Waals surface area contributed by atoms with Crippen molar-refractivity contribution in [2.45, 2.75) is 65.7 Å². The van der Waals surface area contributed by atoms with E-state index in [2.05, 4.69) is 71.9 Å². The Hall–Kier alpha value is -7.18. The molecular formula is C47H48F2N14O2. The number of halogens is 2. The van der Waals surface area contributed by atoms with E-state index in [-0.39, 0.29) is 52.3 Å². The molecule has 0 spiro atoms. The van der Waals surface area contributed by atoms with Gasteiger partial charge in [-0.1, -0.05) is 0 Å². The fourth-order valence-corrected chi connectivity index (χ4v) is 9.57. The highest BCUT2D eigenvalue weighted by Gasteiger charge is 2.32. The Balaban J connectivity index is 0.953. The van der Waals surface area contributed by atoms with Gasteiger partial charge in [0.25, 0.3) is 11.8 Å². The maximum absolute atomic E-state index is 16.1. The minimum atomic E-state index is -0.578. The molecule has 7 heterocycles. The lowest BCUT2D eigenvalue weighted by Crippen LogP contribution is -2.54. The Labute approximate surface area is 372 Å². The zero-order chi connectivity index (χ0) is 45.4. The molecule has 2 saturated heterocycles. The standard InChI is InChI=1S/C47H48F2N14O2/c1-23-17-61(18-24(2)52-23)37-10-8-31(40-42(37)51-13-12-50-40)46(64)57-29-14-33-39(34(48)15-29)59-60(7)44(33)36-22-62(19-25(3)53-36)38-11-9-32(41-43(38)56-28(6)27(5)55-41)47(65)58-30-16-35(49)45-54-26(4)20-63(45)21-30/h8-16,20-21,23-25,36,52-53H,17-19,22H2,1-7H3,(H,57,64)(H,58,65)/t23-,24+,25-,36-/m0/s1. The lowest BCUT2D eigenvalue weighted by Gasteiger charge is -2.39. The smallest absolute Gasteiger partial charge is 0.257 e. The molecule has 10 rings (SSSR count). The third-order valence-corrected chi connectivity index (χ3v) is 12.3. The summed E-state index contributed by atoms with van der Waals surface area (Å²) < 4.78 is 34.2. The van der Waals surface area contributed by atoms with Gasteiger partial charge >= 0.3 is 0 Å². The number of piperazine rings is 2. The molecule has 4 atom stereocenters. The number of pyridine rings is 1. The van der Waals surface area contributed by atoms with E-state index in [0.717, 1.165) is 30.2 Å². The summed E-state index contributed by atoms with van der Waals surface area (Å²) in [6.45, 7) is 14.4. The number of imidazole rings is 1. The number of nitrogens with zero attached hydrogens (tertiary/aromatic N) is 10. The second kappa shape index (κ2) is 16.1. The number of nitrogens with one attached hydrogen (secondary N) is 4. The summed E-state index contributed by atoms with van der Waals surface area (Å²) in [5.74, 6) is -2.05. The van der Waals surface area contributed by atoms with Crippen molar-refractivity contribution in [3.63, 3.8) is 0 Å². The number of hydrogen-bond acceptors (Lipinski definition) is 12. The third kappa shape index (κ3) is 7.61. The molecule has 5 aromatic heterocycles. The summed E-state index contributed by atoms with van der Waals surface area (Å²) in [6.07, 6.45) is 6.50. The molecule has 18 heteroatoms. The van der Waals surface area contributed by atoms with E-state index in [1.54, 1.807) is 66.0 Å². The molecule has 65 heavy (non-hydrogen) atoms. The van der Waals surface area contributed by atoms with Crippen molar-refractivity contribution < 1.29 is 18.4 Å². The van der Waals surface area contributed by atoms with Crippen molar-refractivity contribution in [3.05, 3.63) is 113 Å². The van der Waals surface area contributed by atoms with E-state index >= 15 is 4.39 Å². The van der Waals surface area contributed by atoms with Crippen LogP contribution in [0.1, 0.15) is 70.3 Å². The molecule has 8 aromatic rings. The van der Waals surface area contributed by atoms with Gasteiger partial charge in [0.15, 0.2) is 17.3 Å². The van der Waals surface area contributed by atoms with Crippen molar-refractivity contribution in [1.29, 1.82) is 0 Å². The van der Waals surface area contributed by atoms with Crippen LogP contribution in [0.3, 0.4) is 0 Å². The molecule has 0 radical (unpaired) electrons. The number of aryl methyl sites for hydroxylation is 4. The van der Waals surface area contributed by atoms with Gasteiger partial charge in [0.05, 0.1) is 57.0 Å². The number of anilines is 4. The predicted octanol–water partition coefficient (Wildman–Crippen LogP) is 6.54. The first-order valence-corrected chi connectivity index (χ1v) is 21.7. The molecular weight excluding hydrogens is 831 g/mol. The van der Waals surface area contributed by atoms with Gasteiger partial charge < -0.3 is 35.5 Å². The van der Waals surface area contributed by atoms with Gasteiger partial charge in [-0.2, -0.15) is 5.10 Å². The highest BCUT2D eigenvalue weighted by Crippen LogP contribution is 2.36. The van der Waals surface area contributed by atoms with Crippen LogP contribution in [0.2, 0.25) is 0 Å². The van der Waals surface area contributed by atoms with E-state index < -0.39 is 23.4 Å². The van der Waals surface area contributed by atoms with E-state index in [1.807, 2.05) is 26.0 Å². The number of hydrogen-bond donors (Lipinski definition) is 4. The molecule has 0 saturated carbocycles. The van der Waals surface area contributed by atoms with Crippen LogP contribution in [0.25, 0.3) is 38.6 Å². The first-order valence-electron chi connectivity index (χ1n) is 21.7. The van der Waals surface area contributed by atoms with Crippen LogP contribution < -0.4 is 31.1 Å². The molecule has 0 unspecified atom stereocenters. The summed E-state index contributed by atoms with van der Waals surface area (Å²) in [5.41, 5.74) is 7.91. The first-order chi connectivity index (χ1) is 31.2. The number of fused-ring (bicyclic) bond motifs is 4. The Morgan fingerprint density at radius 2 is 1.25 bits per heavy atom. The number of amides is 2. The zero-order valence-electron chi connectivity index (χ0n) is 37.0. The Morgan fingerprint density at radius 1 is 0.662 bits per heavy atom. The summed E-state index contributed by atoms with van der Waals surface area (Å²) in [5, 5.41) is 18.2. The second-order valence-corrected chi connectivity index (χ2v) is 17.5. The number of benzene rings is 3. The maximum atomic E-state index is 16.1. The SMILES string of the molecule is Cc1cn2cc(NC(=O)c3ccc(N4C[C@@H](c5c6cc(NC(=O)c7ccc(N8C[C@@H](C)N[C@@H](C)C8)c8nccnc78)cc(F)c6nn5C)N[C@@H](C)C4)c4nc(C)c(C)nc34)cc(F)c2n1. The van der Waals surface area contributed by atoms with Crippen molar-refractivity contribution in [3.8, 4) is 0 Å². The van der Waals surface area contributed by atoms with E-state index in [9.17, 15) is 14.0 Å². The van der Waals surface area contributed by atoms with Crippen molar-refractivity contribution in [1.82, 2.24) is 49.7 Å². The molecule has 0 aliphatic carbocycles. The second-order valence-electron chi connectivity index (χ2n) is 17.5. The lowest BCUT2D eigenvalue weighted by molar-refractivity contribution is 0.102. The average Bonchev–Trinajstić information content (AvgIpc) is 3.81. The molecule has 2 amide bonds. The molecule has 4 N–H and O–H groups in total. The van der Waals surface area contributed by atoms with Crippen LogP contribution in [0.15, 0.2) is 67.3 Å². The number of carbonyl (C=O) groups excluding carboxylic acids is 2. The van der Waals surface area contributed by atoms with Crippen LogP contribution in [-0.2, 0) is 7.05 Å². The van der Waals surface area contributed by atoms with Gasteiger partial charge in [0.1, 0.15) is 27.6 Å². The molecule has 2 aliphatic rings. The topological polar surface area (TPSA) is 175 Å². The summed E-state index contributed by atoms with van der Waals surface area (Å²) in [4.78, 5) is 55.7. The zero-order valence-corrected chi connectivity index (χ0v) is 37.0. The Kier molecular flexibility index (Phi) is 10.4. The molecule has 0 bridgehead atoms. The normalized spacial score (nSPS) is 19.2. The third-order valence-electron chi connectivity index (χ3n) is 12.3. The average molecular weight is 879 g/mol. The van der Waals surface area contributed by atoms with E-state index in [1.165, 1.54) is 12.1 Å². The monoisotopic (exact) mass is 878 g/mol. The van der Waals surface area contributed by atoms with Gasteiger partial charge in [-0.05, 0) is 77.9 Å². The van der Waals surface area contributed by atoms with Gasteiger partial charge in [-0.15, -0.1) is 0 Å². The molecule has 16 nitrogen and oxygen atoms in total. The Morgan fingerprint density at radius 3 is 1.95 bits per heavy atom. The minimum absolute atomic E-state index is 0.0504. The van der Waals surface area contributed by atoms with Crippen molar-refractivity contribution in [2.24, 2.45) is 7.05 Å². The highest BCUT2D eigenvalue weighted by molar-refractivity contribution is 6.14. The molecule has 332 valence electrons. The van der Waals surface area contributed by atoms with Crippen LogP contribution in [0.5, 0.6) is 0 Å². The fourth-order valence-electron chi connectivity index (χ4n) is 9.57. The van der Waals surface area contributed by atoms with Crippen LogP contribution >= 0.6 is 0 Å². The van der Waals surface area contributed by atoms with E-state index in [4.69, 9.17) is 9.97 Å². The van der Waals surface area contributed by atoms with Gasteiger partial charge in [0, 0.05) is 93.3 Å². The number of carbonyl (C=O) groups is 2. The van der Waals surface area contributed by atoms with Gasteiger partial charge in [-0.3, -0.25) is 24.2 Å². The number of aromatic nitrogens is 8. The quantitative estimate of drug-likeness (QED) is 0.136. The summed E-state index contributed by atoms with van der Waals surface area (Å²) in [7, 11) is 1.78. The van der Waals surface area contributed by atoms with Crippen molar-refractivity contribution in [2.75, 3.05) is 46.6 Å². The largest absolute Gasteiger partial charge is 0.367 e. The minimum Gasteiger partial charge on any atom is -0.367 e. The fraction of sp³-hybridized carbons (Fsp3) is 0.319. The van der Waals surface area contributed by atoms with Gasteiger partial charge in [-0.25, -0.2) is 23.7 Å². The van der Waals surface area contributed by atoms with Crippen LogP contribution in [0, 0.1) is 32.4 Å². The number of rotatable bonds is 7. The van der Waals surface area contributed by atoms with Crippen LogP contribution in [-0.4, -0.2) is 95.2 Å². The van der Waals surface area contributed by atoms with E-state index in [0.29, 0.717) is 63.2 Å². The van der Waals surface area contributed by atoms with Gasteiger partial charge in [0.2, 0.25) is 0 Å². The molecule has 2 aliphatic heterocycles. The van der Waals surface area contributed by atoms with Crippen LogP contribution in [0.4, 0.5) is 31.5 Å². The first kappa shape index (κ1) is 41.8. The summed E-state index contributed by atoms with van der Waals surface area (Å²) in [6, 6.07) is 11.7. The highest BCUT2D eigenvalue weighted by atomic mass is 19.1. The maximum Gasteiger partial charge on any atom is 0.257 e. The molecule has 3 aromatic carbocycles. The summed E-state index contributed by atoms with van der Waals surface area (Å²) >= 11 is 0. The predicted molar refractivity (Wildman–Crippen MR) is 247 cm³/mol. The van der Waals surface area contributed by atoms with Crippen molar-refractivity contribution >= 4 is 73.2 Å². The Bertz CT molecular complexity index is 3230. The molecule has 2 fully saturated rings. The lowest BCUT2D eigenvalue weighted by atomic mass is 10.0.